The highest BCUT2D eigenvalue weighted by atomic mass is 35.5. The fraction of sp³-hybridized carbons (Fsp3) is 0.364. The van der Waals surface area contributed by atoms with Crippen LogP contribution in [0.4, 0.5) is 15.9 Å². The lowest BCUT2D eigenvalue weighted by Crippen LogP contribution is -2.49. The first kappa shape index (κ1) is 29.7. The van der Waals surface area contributed by atoms with Gasteiger partial charge in [-0.3, -0.25) is 0 Å². The Hall–Kier alpha value is -2.55. The van der Waals surface area contributed by atoms with Gasteiger partial charge in [0, 0.05) is 18.6 Å². The highest BCUT2D eigenvalue weighted by Gasteiger charge is 2.34. The van der Waals surface area contributed by atoms with Crippen LogP contribution in [0.15, 0.2) is 30.6 Å². The lowest BCUT2D eigenvalue weighted by atomic mass is 10.0. The maximum absolute atomic E-state index is 14.4. The van der Waals surface area contributed by atoms with Crippen molar-refractivity contribution in [3.63, 3.8) is 0 Å². The molecule has 0 amide bonds. The number of nitrogens with one attached hydrogen (secondary N) is 1. The van der Waals surface area contributed by atoms with E-state index < -0.39 is 43.4 Å². The van der Waals surface area contributed by atoms with Crippen molar-refractivity contribution in [2.75, 3.05) is 32.8 Å². The van der Waals surface area contributed by atoms with Gasteiger partial charge in [-0.15, -0.1) is 0 Å². The number of hydrogen-bond donors (Lipinski definition) is 5. The molecule has 1 heterocycles. The Morgan fingerprint density at radius 3 is 2.19 bits per heavy atom. The molecule has 14 heteroatoms. The van der Waals surface area contributed by atoms with Gasteiger partial charge in [0.15, 0.2) is 17.6 Å². The molecule has 0 aliphatic rings. The molecule has 0 bridgehead atoms. The van der Waals surface area contributed by atoms with Gasteiger partial charge in [0.05, 0.1) is 41.6 Å². The third-order valence-electron chi connectivity index (χ3n) is 5.24. The van der Waals surface area contributed by atoms with Crippen LogP contribution in [-0.2, 0) is 4.74 Å². The maximum atomic E-state index is 14.4. The predicted octanol–water partition coefficient (Wildman–Crippen LogP) is 1.47. The summed E-state index contributed by atoms with van der Waals surface area (Å²) >= 11 is 11.8. The van der Waals surface area contributed by atoms with Crippen molar-refractivity contribution in [1.29, 1.82) is 0 Å². The van der Waals surface area contributed by atoms with E-state index in [2.05, 4.69) is 15.3 Å². The van der Waals surface area contributed by atoms with Gasteiger partial charge in [-0.05, 0) is 18.2 Å². The van der Waals surface area contributed by atoms with Crippen molar-refractivity contribution in [3.8, 4) is 11.5 Å². The molecule has 0 saturated heterocycles. The van der Waals surface area contributed by atoms with Crippen LogP contribution in [-0.4, -0.2) is 87.7 Å². The van der Waals surface area contributed by atoms with Crippen LogP contribution >= 0.6 is 23.2 Å². The Morgan fingerprint density at radius 1 is 0.944 bits per heavy atom. The molecule has 4 atom stereocenters. The van der Waals surface area contributed by atoms with E-state index in [1.165, 1.54) is 38.7 Å². The van der Waals surface area contributed by atoms with Gasteiger partial charge < -0.3 is 45.4 Å². The second kappa shape index (κ2) is 13.1. The van der Waals surface area contributed by atoms with Gasteiger partial charge in [0.1, 0.15) is 36.3 Å². The van der Waals surface area contributed by atoms with Crippen LogP contribution < -0.4 is 14.8 Å². The molecule has 0 unspecified atom stereocenters. The van der Waals surface area contributed by atoms with E-state index in [0.717, 1.165) is 6.07 Å². The second-order valence-corrected chi connectivity index (χ2v) is 8.20. The van der Waals surface area contributed by atoms with Gasteiger partial charge in [-0.2, -0.15) is 0 Å². The highest BCUT2D eigenvalue weighted by Crippen LogP contribution is 2.37. The molecule has 36 heavy (non-hydrogen) atoms. The Kier molecular flexibility index (Phi) is 10.8. The number of anilines is 2. The smallest absolute Gasteiger partial charge is 0.164 e. The topological polar surface area (TPSA) is 178 Å². The molecule has 3 aromatic rings. The van der Waals surface area contributed by atoms with E-state index in [-0.39, 0.29) is 38.5 Å². The number of aliphatic hydroxyl groups excluding tert-OH is 4. The number of rotatable bonds is 11. The molecule has 198 valence electrons. The summed E-state index contributed by atoms with van der Waals surface area (Å²) in [6.07, 6.45) is -4.32. The number of nitrogens with zero attached hydrogens (tertiary/aromatic N) is 2. The van der Waals surface area contributed by atoms with E-state index in [0.29, 0.717) is 10.9 Å². The minimum Gasteiger partial charge on any atom is -0.493 e. The van der Waals surface area contributed by atoms with E-state index in [1.54, 1.807) is 0 Å². The van der Waals surface area contributed by atoms with Crippen LogP contribution in [0.2, 0.25) is 10.0 Å². The molecule has 0 aliphatic carbocycles. The summed E-state index contributed by atoms with van der Waals surface area (Å²) in [7, 11) is 2.63. The van der Waals surface area contributed by atoms with Gasteiger partial charge in [0.2, 0.25) is 0 Å². The Labute approximate surface area is 215 Å². The SMILES string of the molecule is COc1cc2c(Nc3cc(Cl)c(Cl)cc3F)ncnc2cc1O[C@@H](CO)[C@@H](O)[C@H](O)[C@H](CO)OC.O. The average molecular weight is 550 g/mol. The number of benzene rings is 2. The minimum absolute atomic E-state index is 0. The van der Waals surface area contributed by atoms with Crippen LogP contribution in [0.5, 0.6) is 11.5 Å². The largest absolute Gasteiger partial charge is 0.493 e. The summed E-state index contributed by atoms with van der Waals surface area (Å²) in [4.78, 5) is 8.34. The van der Waals surface area contributed by atoms with Gasteiger partial charge in [-0.1, -0.05) is 23.2 Å². The maximum Gasteiger partial charge on any atom is 0.164 e. The zero-order chi connectivity index (χ0) is 25.7. The van der Waals surface area contributed by atoms with Crippen molar-refractivity contribution in [3.05, 3.63) is 46.5 Å². The summed E-state index contributed by atoms with van der Waals surface area (Å²) in [6.45, 7) is -1.23. The molecule has 0 aliphatic heterocycles. The van der Waals surface area contributed by atoms with Crippen LogP contribution in [0.1, 0.15) is 0 Å². The normalized spacial score (nSPS) is 14.5. The number of aromatic nitrogens is 2. The number of fused-ring (bicyclic) bond motifs is 1. The fourth-order valence-corrected chi connectivity index (χ4v) is 3.62. The minimum atomic E-state index is -1.61. The third-order valence-corrected chi connectivity index (χ3v) is 5.96. The Bertz CT molecular complexity index is 1170. The van der Waals surface area contributed by atoms with Crippen LogP contribution in [0.3, 0.4) is 0 Å². The van der Waals surface area contributed by atoms with Gasteiger partial charge >= 0.3 is 0 Å². The zero-order valence-electron chi connectivity index (χ0n) is 19.2. The predicted molar refractivity (Wildman–Crippen MR) is 131 cm³/mol. The van der Waals surface area contributed by atoms with Crippen molar-refractivity contribution in [2.24, 2.45) is 0 Å². The molecule has 0 saturated carbocycles. The summed E-state index contributed by atoms with van der Waals surface area (Å²) in [5.74, 6) is -0.143. The summed E-state index contributed by atoms with van der Waals surface area (Å²) in [6, 6.07) is 5.38. The quantitative estimate of drug-likeness (QED) is 0.220. The standard InChI is InChI=1S/C22H24Cl2FN3O7.H2O/c1-33-16-3-10-14(6-17(16)35-19(8-30)21(32)20(31)18(7-29)34-2)26-9-27-22(10)28-15-5-12(24)11(23)4-13(15)25;/h3-6,9,18-21,29-32H,7-8H2,1-2H3,(H,26,27,28);1H2/t18-,19-,20+,21+;/m0./s1. The molecular formula is C22H26Cl2FN3O8. The average Bonchev–Trinajstić information content (AvgIpc) is 2.85. The van der Waals surface area contributed by atoms with E-state index in [9.17, 15) is 24.8 Å². The number of aliphatic hydroxyl groups is 4. The first-order valence-corrected chi connectivity index (χ1v) is 11.0. The lowest BCUT2D eigenvalue weighted by molar-refractivity contribution is -0.127. The number of hydrogen-bond acceptors (Lipinski definition) is 10. The van der Waals surface area contributed by atoms with E-state index in [1.807, 2.05) is 0 Å². The first-order chi connectivity index (χ1) is 16.7. The molecule has 3 rings (SSSR count). The summed E-state index contributed by atoms with van der Waals surface area (Å²) < 4.78 is 30.4. The van der Waals surface area contributed by atoms with Crippen LogP contribution in [0.25, 0.3) is 10.9 Å². The van der Waals surface area contributed by atoms with Crippen molar-refractivity contribution in [1.82, 2.24) is 9.97 Å². The lowest BCUT2D eigenvalue weighted by Gasteiger charge is -2.30. The van der Waals surface area contributed by atoms with E-state index in [4.69, 9.17) is 37.4 Å². The molecule has 0 radical (unpaired) electrons. The highest BCUT2D eigenvalue weighted by molar-refractivity contribution is 6.42. The summed E-state index contributed by atoms with van der Waals surface area (Å²) in [5, 5.41) is 43.3. The molecule has 1 aromatic heterocycles. The molecule has 0 fully saturated rings. The second-order valence-electron chi connectivity index (χ2n) is 7.39. The monoisotopic (exact) mass is 549 g/mol. The zero-order valence-corrected chi connectivity index (χ0v) is 20.7. The molecule has 7 N–H and O–H groups in total. The molecule has 0 spiro atoms. The molecule has 2 aromatic carbocycles. The fourth-order valence-electron chi connectivity index (χ4n) is 3.30. The van der Waals surface area contributed by atoms with Crippen molar-refractivity contribution < 1.29 is 44.5 Å². The Morgan fingerprint density at radius 2 is 1.58 bits per heavy atom. The molecular weight excluding hydrogens is 524 g/mol. The number of ether oxygens (including phenoxy) is 3. The first-order valence-electron chi connectivity index (χ1n) is 10.3. The van der Waals surface area contributed by atoms with E-state index >= 15 is 0 Å². The number of methoxy groups -OCH3 is 2. The van der Waals surface area contributed by atoms with Gasteiger partial charge in [0.25, 0.3) is 0 Å². The van der Waals surface area contributed by atoms with Crippen molar-refractivity contribution >= 4 is 45.6 Å². The molecule has 11 nitrogen and oxygen atoms in total. The third kappa shape index (κ3) is 6.41. The summed E-state index contributed by atoms with van der Waals surface area (Å²) in [5.41, 5.74) is 0.392. The van der Waals surface area contributed by atoms with Gasteiger partial charge in [-0.25, -0.2) is 14.4 Å². The van der Waals surface area contributed by atoms with Crippen LogP contribution in [0, 0.1) is 5.82 Å². The Balaban J connectivity index is 0.00000456. The number of halogens is 3. The van der Waals surface area contributed by atoms with Crippen molar-refractivity contribution in [2.45, 2.75) is 24.4 Å².